The van der Waals surface area contributed by atoms with Gasteiger partial charge in [-0.2, -0.15) is 0 Å². The van der Waals surface area contributed by atoms with Gasteiger partial charge in [0.05, 0.1) is 11.4 Å². The Morgan fingerprint density at radius 3 is 2.48 bits per heavy atom. The molecule has 0 unspecified atom stereocenters. The maximum Gasteiger partial charge on any atom is 0.283 e. The molecule has 1 fully saturated rings. The molecular formula is C26H28N4O2S. The van der Waals surface area contributed by atoms with Crippen LogP contribution in [0.25, 0.3) is 27.6 Å². The summed E-state index contributed by atoms with van der Waals surface area (Å²) in [4.78, 5) is 34.4. The predicted octanol–water partition coefficient (Wildman–Crippen LogP) is 5.19. The SMILES string of the molecule is O=C(CSc1nc2c([nH]c3ccccc32)c(=O)n1-c1ccccc1)NC1CCCCCCC1. The third-order valence-corrected chi connectivity index (χ3v) is 7.25. The Hall–Kier alpha value is -3.06. The van der Waals surface area contributed by atoms with E-state index in [1.165, 1.54) is 43.9 Å². The lowest BCUT2D eigenvalue weighted by Gasteiger charge is -2.21. The molecule has 0 bridgehead atoms. The van der Waals surface area contributed by atoms with Gasteiger partial charge in [-0.05, 0) is 31.0 Å². The molecule has 1 saturated carbocycles. The highest BCUT2D eigenvalue weighted by Crippen LogP contribution is 2.26. The van der Waals surface area contributed by atoms with Crippen molar-refractivity contribution in [3.63, 3.8) is 0 Å². The average molecular weight is 461 g/mol. The molecule has 6 nitrogen and oxygen atoms in total. The van der Waals surface area contributed by atoms with E-state index in [9.17, 15) is 9.59 Å². The predicted molar refractivity (Wildman–Crippen MR) is 134 cm³/mol. The van der Waals surface area contributed by atoms with Crippen LogP contribution in [0.4, 0.5) is 0 Å². The van der Waals surface area contributed by atoms with Gasteiger partial charge in [-0.15, -0.1) is 0 Å². The number of rotatable bonds is 5. The number of hydrogen-bond acceptors (Lipinski definition) is 4. The average Bonchev–Trinajstić information content (AvgIpc) is 3.19. The Morgan fingerprint density at radius 1 is 1.00 bits per heavy atom. The van der Waals surface area contributed by atoms with E-state index in [1.807, 2.05) is 54.6 Å². The summed E-state index contributed by atoms with van der Waals surface area (Å²) in [5, 5.41) is 4.64. The molecule has 2 heterocycles. The van der Waals surface area contributed by atoms with Crippen LogP contribution in [0.15, 0.2) is 64.5 Å². The molecule has 7 heteroatoms. The second-order valence-electron chi connectivity index (χ2n) is 8.66. The van der Waals surface area contributed by atoms with Crippen LogP contribution in [0.2, 0.25) is 0 Å². The lowest BCUT2D eigenvalue weighted by atomic mass is 9.97. The zero-order valence-electron chi connectivity index (χ0n) is 18.5. The van der Waals surface area contributed by atoms with E-state index in [0.717, 1.165) is 29.4 Å². The molecule has 0 aliphatic heterocycles. The number of H-pyrrole nitrogens is 1. The standard InChI is InChI=1S/C26H28N4O2S/c31-22(27-18-11-5-2-1-3-6-12-18)17-33-26-29-23-20-15-9-10-16-21(20)28-24(23)25(32)30(26)19-13-7-4-8-14-19/h4,7-10,13-16,18,28H,1-3,5-6,11-12,17H2,(H,27,31). The van der Waals surface area contributed by atoms with Crippen LogP contribution in [0.1, 0.15) is 44.9 Å². The number of nitrogens with one attached hydrogen (secondary N) is 2. The van der Waals surface area contributed by atoms with Crippen molar-refractivity contribution in [3.8, 4) is 5.69 Å². The Labute approximate surface area is 196 Å². The Kier molecular flexibility index (Phi) is 6.48. The van der Waals surface area contributed by atoms with E-state index in [0.29, 0.717) is 16.2 Å². The first kappa shape index (κ1) is 21.8. The molecule has 0 saturated heterocycles. The van der Waals surface area contributed by atoms with Gasteiger partial charge in [-0.3, -0.25) is 14.2 Å². The third-order valence-electron chi connectivity index (χ3n) is 6.31. The summed E-state index contributed by atoms with van der Waals surface area (Å²) >= 11 is 1.31. The van der Waals surface area contributed by atoms with Gasteiger partial charge in [0.15, 0.2) is 5.16 Å². The number of aromatic nitrogens is 3. The largest absolute Gasteiger partial charge is 0.353 e. The zero-order chi connectivity index (χ0) is 22.6. The van der Waals surface area contributed by atoms with Gasteiger partial charge in [-0.25, -0.2) is 4.98 Å². The highest BCUT2D eigenvalue weighted by molar-refractivity contribution is 7.99. The Balaban J connectivity index is 1.46. The van der Waals surface area contributed by atoms with Crippen LogP contribution in [0.5, 0.6) is 0 Å². The maximum absolute atomic E-state index is 13.5. The fourth-order valence-electron chi connectivity index (χ4n) is 4.64. The minimum atomic E-state index is -0.162. The van der Waals surface area contributed by atoms with Gasteiger partial charge < -0.3 is 10.3 Å². The number of carbonyl (C=O) groups is 1. The zero-order valence-corrected chi connectivity index (χ0v) is 19.4. The number of carbonyl (C=O) groups excluding carboxylic acids is 1. The van der Waals surface area contributed by atoms with E-state index >= 15 is 0 Å². The Morgan fingerprint density at radius 2 is 1.70 bits per heavy atom. The number of nitrogens with zero attached hydrogens (tertiary/aromatic N) is 2. The van der Waals surface area contributed by atoms with Crippen molar-refractivity contribution in [2.75, 3.05) is 5.75 Å². The van der Waals surface area contributed by atoms with Crippen molar-refractivity contribution in [1.29, 1.82) is 0 Å². The Bertz CT molecular complexity index is 1320. The quantitative estimate of drug-likeness (QED) is 0.317. The molecule has 2 aromatic heterocycles. The number of thioether (sulfide) groups is 1. The van der Waals surface area contributed by atoms with Crippen LogP contribution in [-0.2, 0) is 4.79 Å². The molecule has 33 heavy (non-hydrogen) atoms. The van der Waals surface area contributed by atoms with E-state index < -0.39 is 0 Å². The fraction of sp³-hybridized carbons (Fsp3) is 0.346. The van der Waals surface area contributed by atoms with E-state index in [2.05, 4.69) is 10.3 Å². The minimum absolute atomic E-state index is 0.00143. The van der Waals surface area contributed by atoms with Gasteiger partial charge in [0.1, 0.15) is 11.0 Å². The highest BCUT2D eigenvalue weighted by Gasteiger charge is 2.19. The number of benzene rings is 2. The van der Waals surface area contributed by atoms with Crippen LogP contribution in [-0.4, -0.2) is 32.2 Å². The normalized spacial score (nSPS) is 15.4. The summed E-state index contributed by atoms with van der Waals surface area (Å²) in [6, 6.07) is 17.5. The van der Waals surface area contributed by atoms with E-state index in [4.69, 9.17) is 4.98 Å². The lowest BCUT2D eigenvalue weighted by Crippen LogP contribution is -2.36. The van der Waals surface area contributed by atoms with Crippen molar-refractivity contribution in [3.05, 3.63) is 65.0 Å². The molecule has 1 amide bonds. The second-order valence-corrected chi connectivity index (χ2v) is 9.61. The van der Waals surface area contributed by atoms with Crippen molar-refractivity contribution < 1.29 is 4.79 Å². The van der Waals surface area contributed by atoms with Crippen LogP contribution >= 0.6 is 11.8 Å². The molecule has 170 valence electrons. The number of amides is 1. The monoisotopic (exact) mass is 460 g/mol. The molecule has 1 aliphatic rings. The summed E-state index contributed by atoms with van der Waals surface area (Å²) in [7, 11) is 0. The minimum Gasteiger partial charge on any atom is -0.353 e. The molecular weight excluding hydrogens is 432 g/mol. The van der Waals surface area contributed by atoms with Gasteiger partial charge >= 0.3 is 0 Å². The molecule has 0 radical (unpaired) electrons. The maximum atomic E-state index is 13.5. The van der Waals surface area contributed by atoms with Gasteiger partial charge in [0.2, 0.25) is 5.91 Å². The first-order valence-corrected chi connectivity index (χ1v) is 12.7. The molecule has 0 atom stereocenters. The summed E-state index contributed by atoms with van der Waals surface area (Å²) < 4.78 is 1.60. The summed E-state index contributed by atoms with van der Waals surface area (Å²) in [6.45, 7) is 0. The molecule has 2 aromatic carbocycles. The van der Waals surface area contributed by atoms with E-state index in [1.54, 1.807) is 4.57 Å². The van der Waals surface area contributed by atoms with Crippen molar-refractivity contribution in [1.82, 2.24) is 19.9 Å². The number of para-hydroxylation sites is 2. The van der Waals surface area contributed by atoms with Gasteiger partial charge in [-0.1, -0.05) is 80.3 Å². The van der Waals surface area contributed by atoms with Gasteiger partial charge in [0.25, 0.3) is 5.56 Å². The molecule has 1 aliphatic carbocycles. The number of hydrogen-bond donors (Lipinski definition) is 2. The second kappa shape index (κ2) is 9.83. The van der Waals surface area contributed by atoms with Crippen LogP contribution in [0, 0.1) is 0 Å². The smallest absolute Gasteiger partial charge is 0.283 e. The van der Waals surface area contributed by atoms with Gasteiger partial charge in [0, 0.05) is 16.9 Å². The van der Waals surface area contributed by atoms with Crippen molar-refractivity contribution in [2.45, 2.75) is 56.1 Å². The molecule has 2 N–H and O–H groups in total. The topological polar surface area (TPSA) is 79.8 Å². The molecule has 5 rings (SSSR count). The third kappa shape index (κ3) is 4.69. The van der Waals surface area contributed by atoms with Crippen LogP contribution in [0.3, 0.4) is 0 Å². The first-order valence-electron chi connectivity index (χ1n) is 11.7. The summed E-state index contributed by atoms with van der Waals surface area (Å²) in [5.74, 6) is 0.224. The summed E-state index contributed by atoms with van der Waals surface area (Å²) in [5.41, 5.74) is 2.57. The van der Waals surface area contributed by atoms with Crippen molar-refractivity contribution in [2.24, 2.45) is 0 Å². The van der Waals surface area contributed by atoms with Crippen molar-refractivity contribution >= 4 is 39.6 Å². The summed E-state index contributed by atoms with van der Waals surface area (Å²) in [6.07, 6.45) is 8.23. The number of fused-ring (bicyclic) bond motifs is 3. The van der Waals surface area contributed by atoms with Crippen LogP contribution < -0.4 is 10.9 Å². The molecule has 0 spiro atoms. The lowest BCUT2D eigenvalue weighted by molar-refractivity contribution is -0.119. The highest BCUT2D eigenvalue weighted by atomic mass is 32.2. The fourth-order valence-corrected chi connectivity index (χ4v) is 5.46. The first-order chi connectivity index (χ1) is 16.2. The van der Waals surface area contributed by atoms with E-state index in [-0.39, 0.29) is 23.3 Å². The number of aromatic amines is 1. The molecule has 4 aromatic rings.